The van der Waals surface area contributed by atoms with Crippen LogP contribution in [0.1, 0.15) is 11.3 Å². The van der Waals surface area contributed by atoms with E-state index in [4.69, 9.17) is 0 Å². The molecule has 0 saturated carbocycles. The van der Waals surface area contributed by atoms with Crippen LogP contribution in [0, 0.1) is 0 Å². The van der Waals surface area contributed by atoms with E-state index in [1.54, 1.807) is 6.21 Å². The van der Waals surface area contributed by atoms with E-state index in [0.29, 0.717) is 0 Å². The van der Waals surface area contributed by atoms with Crippen molar-refractivity contribution in [2.75, 3.05) is 5.43 Å². The number of nitrogens with one attached hydrogen (secondary N) is 2. The summed E-state index contributed by atoms with van der Waals surface area (Å²) in [5.74, 6) is 0.725. The molecule has 5 nitrogen and oxygen atoms in total. The second kappa shape index (κ2) is 6.42. The van der Waals surface area contributed by atoms with Crippen LogP contribution in [0.3, 0.4) is 0 Å². The molecule has 2 N–H and O–H groups in total. The molecule has 4 rings (SSSR count). The van der Waals surface area contributed by atoms with Gasteiger partial charge in [-0.2, -0.15) is 5.10 Å². The summed E-state index contributed by atoms with van der Waals surface area (Å²) in [6.45, 7) is 0.738. The van der Waals surface area contributed by atoms with Crippen molar-refractivity contribution < 1.29 is 0 Å². The van der Waals surface area contributed by atoms with Crippen molar-refractivity contribution in [3.63, 3.8) is 0 Å². The Morgan fingerprint density at radius 2 is 1.83 bits per heavy atom. The number of hydrazone groups is 1. The Hall–Kier alpha value is -3.34. The summed E-state index contributed by atoms with van der Waals surface area (Å²) in [7, 11) is 0. The standard InChI is InChI=1S/C19H17N5/c1-2-7-15(8-3-1)14-24-18-11-5-4-10-17(18)22-19(24)23-21-13-16-9-6-12-20-16/h1-13,20H,14H2,(H,22,23)/b21-13-. The molecule has 0 spiro atoms. The Morgan fingerprint density at radius 3 is 2.67 bits per heavy atom. The highest BCUT2D eigenvalue weighted by molar-refractivity contribution is 5.80. The molecule has 2 aromatic heterocycles. The second-order valence-electron chi connectivity index (χ2n) is 5.49. The lowest BCUT2D eigenvalue weighted by Gasteiger charge is -2.08. The van der Waals surface area contributed by atoms with Crippen molar-refractivity contribution in [3.05, 3.63) is 84.2 Å². The van der Waals surface area contributed by atoms with Gasteiger partial charge in [0.25, 0.3) is 0 Å². The van der Waals surface area contributed by atoms with Crippen LogP contribution >= 0.6 is 0 Å². The number of anilines is 1. The van der Waals surface area contributed by atoms with E-state index < -0.39 is 0 Å². The fourth-order valence-electron chi connectivity index (χ4n) is 2.67. The van der Waals surface area contributed by atoms with Gasteiger partial charge < -0.3 is 9.55 Å². The number of hydrogen-bond donors (Lipinski definition) is 2. The summed E-state index contributed by atoms with van der Waals surface area (Å²) in [6.07, 6.45) is 3.61. The van der Waals surface area contributed by atoms with Gasteiger partial charge in [-0.15, -0.1) is 0 Å². The zero-order chi connectivity index (χ0) is 16.2. The maximum Gasteiger partial charge on any atom is 0.225 e. The first-order chi connectivity index (χ1) is 11.9. The van der Waals surface area contributed by atoms with Crippen LogP contribution in [0.5, 0.6) is 0 Å². The van der Waals surface area contributed by atoms with Gasteiger partial charge in [0.15, 0.2) is 0 Å². The number of fused-ring (bicyclic) bond motifs is 1. The molecule has 0 bridgehead atoms. The van der Waals surface area contributed by atoms with Crippen molar-refractivity contribution >= 4 is 23.2 Å². The van der Waals surface area contributed by atoms with Gasteiger partial charge >= 0.3 is 0 Å². The summed E-state index contributed by atoms with van der Waals surface area (Å²) in [5.41, 5.74) is 7.25. The fraction of sp³-hybridized carbons (Fsp3) is 0.0526. The van der Waals surface area contributed by atoms with E-state index in [1.165, 1.54) is 5.56 Å². The molecular weight excluding hydrogens is 298 g/mol. The number of imidazole rings is 1. The van der Waals surface area contributed by atoms with Crippen molar-refractivity contribution in [3.8, 4) is 0 Å². The average molecular weight is 315 g/mol. The van der Waals surface area contributed by atoms with Crippen LogP contribution in [0.15, 0.2) is 78.0 Å². The molecule has 2 heterocycles. The van der Waals surface area contributed by atoms with E-state index in [-0.39, 0.29) is 0 Å². The maximum atomic E-state index is 4.66. The first-order valence-corrected chi connectivity index (χ1v) is 7.82. The number of benzene rings is 2. The van der Waals surface area contributed by atoms with Crippen LogP contribution in [0.4, 0.5) is 5.95 Å². The third-order valence-corrected chi connectivity index (χ3v) is 3.83. The first-order valence-electron chi connectivity index (χ1n) is 7.82. The SMILES string of the molecule is C(=N/Nc1nc2ccccc2n1Cc1ccccc1)/c1ccc[nH]1. The summed E-state index contributed by atoms with van der Waals surface area (Å²) >= 11 is 0. The molecule has 0 aliphatic rings. The van der Waals surface area contributed by atoms with Gasteiger partial charge in [0.1, 0.15) is 0 Å². The normalized spacial score (nSPS) is 11.3. The Morgan fingerprint density at radius 1 is 1.00 bits per heavy atom. The number of rotatable bonds is 5. The quantitative estimate of drug-likeness (QED) is 0.434. The van der Waals surface area contributed by atoms with Crippen LogP contribution < -0.4 is 5.43 Å². The lowest BCUT2D eigenvalue weighted by Crippen LogP contribution is -2.05. The Bertz CT molecular complexity index is 952. The van der Waals surface area contributed by atoms with Crippen LogP contribution in [0.2, 0.25) is 0 Å². The van der Waals surface area contributed by atoms with E-state index in [9.17, 15) is 0 Å². The van der Waals surface area contributed by atoms with Crippen molar-refractivity contribution in [1.82, 2.24) is 14.5 Å². The predicted molar refractivity (Wildman–Crippen MR) is 97.3 cm³/mol. The molecule has 0 saturated heterocycles. The third kappa shape index (κ3) is 2.92. The Balaban J connectivity index is 1.67. The molecule has 0 aliphatic heterocycles. The van der Waals surface area contributed by atoms with Crippen LogP contribution in [0.25, 0.3) is 11.0 Å². The summed E-state index contributed by atoms with van der Waals surface area (Å²) < 4.78 is 2.14. The Kier molecular flexibility index (Phi) is 3.81. The molecule has 4 aromatic rings. The minimum absolute atomic E-state index is 0.725. The van der Waals surface area contributed by atoms with E-state index in [2.05, 4.69) is 43.3 Å². The van der Waals surface area contributed by atoms with E-state index >= 15 is 0 Å². The summed E-state index contributed by atoms with van der Waals surface area (Å²) in [5, 5.41) is 4.29. The average Bonchev–Trinajstić information content (AvgIpc) is 3.25. The van der Waals surface area contributed by atoms with Crippen LogP contribution in [-0.2, 0) is 6.54 Å². The number of nitrogens with zero attached hydrogens (tertiary/aromatic N) is 3. The lowest BCUT2D eigenvalue weighted by atomic mass is 10.2. The minimum atomic E-state index is 0.725. The topological polar surface area (TPSA) is 58.0 Å². The first kappa shape index (κ1) is 14.3. The largest absolute Gasteiger partial charge is 0.360 e. The molecule has 0 atom stereocenters. The molecule has 0 fully saturated rings. The molecule has 118 valence electrons. The van der Waals surface area contributed by atoms with E-state index in [0.717, 1.165) is 29.2 Å². The smallest absolute Gasteiger partial charge is 0.225 e. The highest BCUT2D eigenvalue weighted by atomic mass is 15.4. The van der Waals surface area contributed by atoms with Gasteiger partial charge in [-0.1, -0.05) is 42.5 Å². The minimum Gasteiger partial charge on any atom is -0.360 e. The number of para-hydroxylation sites is 2. The van der Waals surface area contributed by atoms with Gasteiger partial charge in [0, 0.05) is 6.20 Å². The lowest BCUT2D eigenvalue weighted by molar-refractivity contribution is 0.828. The zero-order valence-electron chi connectivity index (χ0n) is 13.1. The van der Waals surface area contributed by atoms with Gasteiger partial charge in [0.2, 0.25) is 5.95 Å². The molecule has 0 aliphatic carbocycles. The summed E-state index contributed by atoms with van der Waals surface area (Å²) in [6, 6.07) is 22.3. The van der Waals surface area contributed by atoms with Gasteiger partial charge in [-0.25, -0.2) is 10.4 Å². The van der Waals surface area contributed by atoms with Gasteiger partial charge in [-0.3, -0.25) is 0 Å². The zero-order valence-corrected chi connectivity index (χ0v) is 13.1. The monoisotopic (exact) mass is 315 g/mol. The highest BCUT2D eigenvalue weighted by Gasteiger charge is 2.10. The molecule has 0 radical (unpaired) electrons. The van der Waals surface area contributed by atoms with Crippen molar-refractivity contribution in [1.29, 1.82) is 0 Å². The Labute approximate surface area is 139 Å². The second-order valence-corrected chi connectivity index (χ2v) is 5.49. The number of aromatic nitrogens is 3. The van der Waals surface area contributed by atoms with Crippen LogP contribution in [-0.4, -0.2) is 20.7 Å². The van der Waals surface area contributed by atoms with Crippen molar-refractivity contribution in [2.24, 2.45) is 5.10 Å². The van der Waals surface area contributed by atoms with Gasteiger partial charge in [-0.05, 0) is 29.8 Å². The molecule has 5 heteroatoms. The van der Waals surface area contributed by atoms with E-state index in [1.807, 2.05) is 54.7 Å². The number of aromatic amines is 1. The van der Waals surface area contributed by atoms with Crippen molar-refractivity contribution in [2.45, 2.75) is 6.54 Å². The molecule has 0 unspecified atom stereocenters. The fourth-order valence-corrected chi connectivity index (χ4v) is 2.67. The molecule has 0 amide bonds. The third-order valence-electron chi connectivity index (χ3n) is 3.83. The number of H-pyrrole nitrogens is 1. The van der Waals surface area contributed by atoms with Gasteiger partial charge in [0.05, 0.1) is 29.5 Å². The predicted octanol–water partition coefficient (Wildman–Crippen LogP) is 3.86. The highest BCUT2D eigenvalue weighted by Crippen LogP contribution is 2.21. The molecule has 2 aromatic carbocycles. The number of hydrogen-bond acceptors (Lipinski definition) is 3. The maximum absolute atomic E-state index is 4.66. The molecular formula is C19H17N5. The molecule has 24 heavy (non-hydrogen) atoms. The summed E-state index contributed by atoms with van der Waals surface area (Å²) in [4.78, 5) is 7.74.